The minimum Gasteiger partial charge on any atom is -0.264 e. The van der Waals surface area contributed by atoms with Gasteiger partial charge in [-0.05, 0) is 0 Å². The van der Waals surface area contributed by atoms with Crippen molar-refractivity contribution in [1.29, 1.82) is 0 Å². The maximum atomic E-state index is 8.74. The molecule has 6 heteroatoms. The summed E-state index contributed by atoms with van der Waals surface area (Å²) < 4.78 is 36.6. The Bertz CT molecular complexity index is 194. The number of hydrogen-bond donors (Lipinski definition) is 2. The van der Waals surface area contributed by atoms with Crippen LogP contribution in [-0.2, 0) is 10.4 Å². The maximum absolute atomic E-state index is 8.74. The van der Waals surface area contributed by atoms with Gasteiger partial charge in [-0.15, -0.1) is 0 Å². The van der Waals surface area contributed by atoms with Gasteiger partial charge in [0.2, 0.25) is 0 Å². The van der Waals surface area contributed by atoms with Crippen molar-refractivity contribution in [3.63, 3.8) is 0 Å². The van der Waals surface area contributed by atoms with Gasteiger partial charge in [-0.25, -0.2) is 0 Å². The first-order valence-electron chi connectivity index (χ1n) is 5.54. The summed E-state index contributed by atoms with van der Waals surface area (Å²) in [4.78, 5) is 0. The van der Waals surface area contributed by atoms with Crippen molar-refractivity contribution in [2.75, 3.05) is 0 Å². The van der Waals surface area contributed by atoms with Crippen LogP contribution in [0.5, 0.6) is 0 Å². The van der Waals surface area contributed by atoms with E-state index in [1.807, 2.05) is 0 Å². The fourth-order valence-corrected chi connectivity index (χ4v) is 11.1. The Morgan fingerprint density at radius 3 is 1.20 bits per heavy atom. The standard InChI is InChI=1S/3C3H7.H2O4S.Sn.H/c3*1-3-2;1-5(2,3)4;;/h3*1,3H2,2H3;(H2,1,2,3,4);;. The summed E-state index contributed by atoms with van der Waals surface area (Å²) in [5.74, 6) is 0. The zero-order valence-electron chi connectivity index (χ0n) is 9.94. The average Bonchev–Trinajstić information content (AvgIpc) is 2.02. The average molecular weight is 347 g/mol. The van der Waals surface area contributed by atoms with E-state index in [9.17, 15) is 0 Å². The maximum Gasteiger partial charge on any atom is 0.394 e. The Morgan fingerprint density at radius 2 is 1.07 bits per heavy atom. The quantitative estimate of drug-likeness (QED) is 0.572. The van der Waals surface area contributed by atoms with Gasteiger partial charge in [-0.1, -0.05) is 0 Å². The van der Waals surface area contributed by atoms with Gasteiger partial charge in [-0.2, -0.15) is 8.42 Å². The normalized spacial score (nSPS) is 11.1. The molecule has 0 saturated carbocycles. The third-order valence-electron chi connectivity index (χ3n) is 2.09. The molecule has 0 aromatic rings. The molecule has 94 valence electrons. The van der Waals surface area contributed by atoms with Crippen molar-refractivity contribution in [2.24, 2.45) is 0 Å². The Labute approximate surface area is 101 Å². The van der Waals surface area contributed by atoms with Gasteiger partial charge in [-0.3, -0.25) is 9.11 Å². The molecular formula is C9H24O4SSn. The molecule has 0 aromatic carbocycles. The molecule has 0 aromatic heterocycles. The molecule has 0 atom stereocenters. The predicted octanol–water partition coefficient (Wildman–Crippen LogP) is 2.79. The second kappa shape index (κ2) is 11.2. The molecule has 0 rings (SSSR count). The molecule has 0 spiro atoms. The van der Waals surface area contributed by atoms with E-state index in [-0.39, 0.29) is 0 Å². The summed E-state index contributed by atoms with van der Waals surface area (Å²) >= 11 is -0.880. The Morgan fingerprint density at radius 1 is 0.867 bits per heavy atom. The van der Waals surface area contributed by atoms with Gasteiger partial charge in [0.1, 0.15) is 0 Å². The monoisotopic (exact) mass is 348 g/mol. The van der Waals surface area contributed by atoms with Crippen molar-refractivity contribution < 1.29 is 17.5 Å². The van der Waals surface area contributed by atoms with E-state index < -0.39 is 30.2 Å². The minimum atomic E-state index is -4.67. The third-order valence-corrected chi connectivity index (χ3v) is 14.0. The van der Waals surface area contributed by atoms with Crippen LogP contribution in [0.2, 0.25) is 13.3 Å². The topological polar surface area (TPSA) is 74.6 Å². The van der Waals surface area contributed by atoms with Crippen LogP contribution in [0, 0.1) is 0 Å². The van der Waals surface area contributed by atoms with Crippen molar-refractivity contribution in [2.45, 2.75) is 53.3 Å². The SMILES string of the molecule is CC[CH2][SnH]([CH2]CC)[CH2]CC.O=S(=O)(O)O. The number of rotatable bonds is 6. The first-order valence-corrected chi connectivity index (χ1v) is 13.9. The van der Waals surface area contributed by atoms with E-state index in [0.29, 0.717) is 0 Å². The fraction of sp³-hybridized carbons (Fsp3) is 1.00. The predicted molar refractivity (Wildman–Crippen MR) is 66.6 cm³/mol. The van der Waals surface area contributed by atoms with Crippen molar-refractivity contribution in [3.8, 4) is 0 Å². The molecule has 0 bridgehead atoms. The first-order chi connectivity index (χ1) is 6.85. The summed E-state index contributed by atoms with van der Waals surface area (Å²) in [6, 6.07) is 0. The Hall–Kier alpha value is 0.669. The van der Waals surface area contributed by atoms with Crippen LogP contribution in [-0.4, -0.2) is 37.3 Å². The van der Waals surface area contributed by atoms with Crippen LogP contribution in [0.25, 0.3) is 0 Å². The van der Waals surface area contributed by atoms with Crippen LogP contribution in [0.1, 0.15) is 40.0 Å². The molecule has 0 aliphatic carbocycles. The van der Waals surface area contributed by atoms with Crippen LogP contribution >= 0.6 is 0 Å². The van der Waals surface area contributed by atoms with Gasteiger partial charge in [0.15, 0.2) is 0 Å². The molecule has 0 radical (unpaired) electrons. The molecule has 0 aliphatic heterocycles. The Kier molecular flexibility index (Phi) is 13.4. The molecule has 0 heterocycles. The molecule has 4 nitrogen and oxygen atoms in total. The van der Waals surface area contributed by atoms with Crippen LogP contribution < -0.4 is 0 Å². The summed E-state index contributed by atoms with van der Waals surface area (Å²) in [6.07, 6.45) is 4.38. The van der Waals surface area contributed by atoms with Crippen LogP contribution in [0.4, 0.5) is 0 Å². The van der Waals surface area contributed by atoms with Crippen molar-refractivity contribution >= 4 is 30.2 Å². The molecule has 2 N–H and O–H groups in total. The van der Waals surface area contributed by atoms with Gasteiger partial charge in [0, 0.05) is 0 Å². The first kappa shape index (κ1) is 18.0. The van der Waals surface area contributed by atoms with Crippen molar-refractivity contribution in [1.82, 2.24) is 0 Å². The zero-order chi connectivity index (χ0) is 12.3. The zero-order valence-corrected chi connectivity index (χ0v) is 14.1. The molecule has 0 unspecified atom stereocenters. The number of hydrogen-bond acceptors (Lipinski definition) is 2. The molecule has 15 heavy (non-hydrogen) atoms. The third kappa shape index (κ3) is 25.2. The van der Waals surface area contributed by atoms with Crippen LogP contribution in [0.15, 0.2) is 0 Å². The van der Waals surface area contributed by atoms with Crippen LogP contribution in [0.3, 0.4) is 0 Å². The molecule has 0 amide bonds. The summed E-state index contributed by atoms with van der Waals surface area (Å²) in [7, 11) is -4.67. The van der Waals surface area contributed by atoms with E-state index in [1.54, 1.807) is 13.3 Å². The van der Waals surface area contributed by atoms with Gasteiger partial charge in [0.05, 0.1) is 0 Å². The molecule has 0 aliphatic rings. The Balaban J connectivity index is 0. The largest absolute Gasteiger partial charge is 0.394 e. The molecular weight excluding hydrogens is 323 g/mol. The second-order valence-electron chi connectivity index (χ2n) is 3.68. The van der Waals surface area contributed by atoms with E-state index in [0.717, 1.165) is 0 Å². The fourth-order valence-electron chi connectivity index (χ4n) is 1.66. The van der Waals surface area contributed by atoms with E-state index in [2.05, 4.69) is 20.8 Å². The molecule has 0 saturated heterocycles. The van der Waals surface area contributed by atoms with Crippen molar-refractivity contribution in [3.05, 3.63) is 0 Å². The van der Waals surface area contributed by atoms with E-state index in [4.69, 9.17) is 17.5 Å². The van der Waals surface area contributed by atoms with E-state index >= 15 is 0 Å². The van der Waals surface area contributed by atoms with Gasteiger partial charge < -0.3 is 0 Å². The van der Waals surface area contributed by atoms with E-state index in [1.165, 1.54) is 19.3 Å². The van der Waals surface area contributed by atoms with Gasteiger partial charge >= 0.3 is 83.5 Å². The molecule has 0 fully saturated rings. The summed E-state index contributed by atoms with van der Waals surface area (Å²) in [5, 5.41) is 0. The summed E-state index contributed by atoms with van der Waals surface area (Å²) in [6.45, 7) is 7.03. The summed E-state index contributed by atoms with van der Waals surface area (Å²) in [5.41, 5.74) is 0. The smallest absolute Gasteiger partial charge is 0.264 e. The van der Waals surface area contributed by atoms with Gasteiger partial charge in [0.25, 0.3) is 0 Å². The second-order valence-corrected chi connectivity index (χ2v) is 14.5. The minimum absolute atomic E-state index is 0.880.